The zero-order valence-electron chi connectivity index (χ0n) is 18.3. The van der Waals surface area contributed by atoms with Gasteiger partial charge in [-0.25, -0.2) is 9.78 Å². The number of amides is 1. The van der Waals surface area contributed by atoms with Gasteiger partial charge in [0.25, 0.3) is 5.69 Å². The molecule has 2 aromatic heterocycles. The lowest BCUT2D eigenvalue weighted by Gasteiger charge is -2.13. The number of imidazole rings is 1. The van der Waals surface area contributed by atoms with Gasteiger partial charge in [0.15, 0.2) is 0 Å². The summed E-state index contributed by atoms with van der Waals surface area (Å²) in [7, 11) is 0. The summed E-state index contributed by atoms with van der Waals surface area (Å²) < 4.78 is 12.4. The molecule has 0 spiro atoms. The van der Waals surface area contributed by atoms with Gasteiger partial charge in [0, 0.05) is 29.4 Å². The summed E-state index contributed by atoms with van der Waals surface area (Å²) in [6, 6.07) is 10.3. The molecule has 0 saturated heterocycles. The lowest BCUT2D eigenvalue weighted by Crippen LogP contribution is -2.17. The lowest BCUT2D eigenvalue weighted by molar-refractivity contribution is -0.385. The normalized spacial score (nSPS) is 11.0. The first-order valence-corrected chi connectivity index (χ1v) is 11.1. The predicted molar refractivity (Wildman–Crippen MR) is 122 cm³/mol. The molecule has 2 heterocycles. The number of primary amides is 1. The van der Waals surface area contributed by atoms with Crippen LogP contribution in [-0.2, 0) is 22.6 Å². The number of nitrogens with two attached hydrogens (primary N) is 1. The number of ether oxygens (including phenoxy) is 2. The smallest absolute Gasteiger partial charge is 0.404 e. The van der Waals surface area contributed by atoms with Crippen LogP contribution in [0.15, 0.2) is 58.7 Å². The maximum absolute atomic E-state index is 11.2. The van der Waals surface area contributed by atoms with Crippen molar-refractivity contribution >= 4 is 23.5 Å². The van der Waals surface area contributed by atoms with E-state index in [2.05, 4.69) is 4.98 Å². The number of hydrogen-bond donors (Lipinski definition) is 1. The summed E-state index contributed by atoms with van der Waals surface area (Å²) in [5, 5.41) is 12.1. The zero-order valence-corrected chi connectivity index (χ0v) is 19.2. The van der Waals surface area contributed by atoms with Gasteiger partial charge in [0.1, 0.15) is 24.1 Å². The van der Waals surface area contributed by atoms with Crippen LogP contribution in [-0.4, -0.2) is 38.8 Å². The van der Waals surface area contributed by atoms with Crippen molar-refractivity contribution in [1.82, 2.24) is 14.5 Å². The fourth-order valence-electron chi connectivity index (χ4n) is 3.07. The molecule has 0 aliphatic rings. The SMILES string of the molecule is CC(C)c1nc(COCCOC(N)=O)n(Cc2cccnc2)c1Sc1cccc([N+](=O)[O-])c1. The highest BCUT2D eigenvalue weighted by Crippen LogP contribution is 2.36. The van der Waals surface area contributed by atoms with Crippen LogP contribution < -0.4 is 5.73 Å². The van der Waals surface area contributed by atoms with Crippen LogP contribution >= 0.6 is 11.8 Å². The van der Waals surface area contributed by atoms with Crippen LogP contribution in [0.3, 0.4) is 0 Å². The standard InChI is InChI=1S/C22H25N5O5S/c1-15(2)20-21(33-18-7-3-6-17(11-18)27(29)30)26(13-16-5-4-8-24-12-16)19(25-20)14-31-9-10-32-22(23)28/h3-8,11-12,15H,9-10,13-14H2,1-2H3,(H2,23,28). The summed E-state index contributed by atoms with van der Waals surface area (Å²) in [4.78, 5) is 31.3. The number of rotatable bonds is 11. The van der Waals surface area contributed by atoms with Gasteiger partial charge in [-0.05, 0) is 23.6 Å². The fourth-order valence-corrected chi connectivity index (χ4v) is 4.29. The van der Waals surface area contributed by atoms with E-state index in [1.54, 1.807) is 24.5 Å². The van der Waals surface area contributed by atoms with E-state index in [-0.39, 0.29) is 31.4 Å². The van der Waals surface area contributed by atoms with E-state index in [9.17, 15) is 14.9 Å². The molecule has 3 rings (SSSR count). The molecular formula is C22H25N5O5S. The quantitative estimate of drug-likeness (QED) is 0.251. The molecule has 10 nitrogen and oxygen atoms in total. The molecular weight excluding hydrogens is 446 g/mol. The van der Waals surface area contributed by atoms with Crippen molar-refractivity contribution in [2.45, 2.75) is 42.8 Å². The third-order valence-corrected chi connectivity index (χ3v) is 5.69. The average Bonchev–Trinajstić information content (AvgIpc) is 3.11. The Kier molecular flexibility index (Phi) is 8.39. The zero-order chi connectivity index (χ0) is 23.8. The molecule has 1 amide bonds. The highest BCUT2D eigenvalue weighted by Gasteiger charge is 2.21. The summed E-state index contributed by atoms with van der Waals surface area (Å²) in [6.07, 6.45) is 2.63. The molecule has 0 aliphatic heterocycles. The minimum Gasteiger partial charge on any atom is -0.447 e. The van der Waals surface area contributed by atoms with E-state index in [0.717, 1.165) is 21.2 Å². The molecule has 11 heteroatoms. The van der Waals surface area contributed by atoms with Crippen molar-refractivity contribution in [3.05, 3.63) is 76.0 Å². The summed E-state index contributed by atoms with van der Waals surface area (Å²) in [6.45, 7) is 5.00. The molecule has 3 aromatic rings. The highest BCUT2D eigenvalue weighted by atomic mass is 32.2. The number of non-ortho nitro benzene ring substituents is 1. The predicted octanol–water partition coefficient (Wildman–Crippen LogP) is 4.12. The molecule has 33 heavy (non-hydrogen) atoms. The Hall–Kier alpha value is -3.44. The molecule has 2 N–H and O–H groups in total. The van der Waals surface area contributed by atoms with Gasteiger partial charge in [-0.15, -0.1) is 0 Å². The molecule has 0 fully saturated rings. The molecule has 0 saturated carbocycles. The molecule has 0 unspecified atom stereocenters. The number of hydrogen-bond acceptors (Lipinski definition) is 8. The van der Waals surface area contributed by atoms with Gasteiger partial charge in [-0.2, -0.15) is 0 Å². The number of aromatic nitrogens is 3. The molecule has 0 aliphatic carbocycles. The van der Waals surface area contributed by atoms with E-state index in [1.165, 1.54) is 17.8 Å². The second kappa shape index (κ2) is 11.4. The van der Waals surface area contributed by atoms with Crippen molar-refractivity contribution in [3.8, 4) is 0 Å². The minimum atomic E-state index is -0.852. The molecule has 0 atom stereocenters. The third-order valence-electron chi connectivity index (χ3n) is 4.58. The van der Waals surface area contributed by atoms with Crippen LogP contribution in [0, 0.1) is 10.1 Å². The van der Waals surface area contributed by atoms with Gasteiger partial charge in [0.05, 0.1) is 23.8 Å². The number of nitro groups is 1. The van der Waals surface area contributed by atoms with Crippen molar-refractivity contribution in [2.24, 2.45) is 5.73 Å². The van der Waals surface area contributed by atoms with Crippen molar-refractivity contribution in [1.29, 1.82) is 0 Å². The summed E-state index contributed by atoms with van der Waals surface area (Å²) >= 11 is 1.42. The van der Waals surface area contributed by atoms with Crippen LogP contribution in [0.1, 0.15) is 36.8 Å². The van der Waals surface area contributed by atoms with Gasteiger partial charge in [0.2, 0.25) is 0 Å². The Bertz CT molecular complexity index is 1100. The summed E-state index contributed by atoms with van der Waals surface area (Å²) in [5.74, 6) is 0.799. The average molecular weight is 472 g/mol. The van der Waals surface area contributed by atoms with Crippen molar-refractivity contribution in [2.75, 3.05) is 13.2 Å². The first kappa shape index (κ1) is 24.2. The maximum atomic E-state index is 11.2. The van der Waals surface area contributed by atoms with Gasteiger partial charge in [-0.3, -0.25) is 15.1 Å². The topological polar surface area (TPSA) is 135 Å². The van der Waals surface area contributed by atoms with Crippen molar-refractivity contribution < 1.29 is 19.2 Å². The van der Waals surface area contributed by atoms with E-state index in [0.29, 0.717) is 12.4 Å². The number of pyridine rings is 1. The van der Waals surface area contributed by atoms with E-state index in [1.807, 2.05) is 36.6 Å². The van der Waals surface area contributed by atoms with E-state index >= 15 is 0 Å². The first-order valence-electron chi connectivity index (χ1n) is 10.3. The number of nitro benzene ring substituents is 1. The molecule has 0 radical (unpaired) electrons. The number of carbonyl (C=O) groups is 1. The number of carbonyl (C=O) groups excluding carboxylic acids is 1. The van der Waals surface area contributed by atoms with Crippen LogP contribution in [0.2, 0.25) is 0 Å². The van der Waals surface area contributed by atoms with Crippen LogP contribution in [0.25, 0.3) is 0 Å². The number of nitrogens with zero attached hydrogens (tertiary/aromatic N) is 4. The fraction of sp³-hybridized carbons (Fsp3) is 0.318. The Morgan fingerprint density at radius 1 is 1.27 bits per heavy atom. The second-order valence-electron chi connectivity index (χ2n) is 7.40. The molecule has 0 bridgehead atoms. The van der Waals surface area contributed by atoms with Crippen LogP contribution in [0.5, 0.6) is 0 Å². The number of benzene rings is 1. The van der Waals surface area contributed by atoms with Crippen molar-refractivity contribution in [3.63, 3.8) is 0 Å². The summed E-state index contributed by atoms with van der Waals surface area (Å²) in [5.41, 5.74) is 6.84. The molecule has 1 aromatic carbocycles. The van der Waals surface area contributed by atoms with Gasteiger partial charge in [-0.1, -0.05) is 37.7 Å². The van der Waals surface area contributed by atoms with Gasteiger partial charge >= 0.3 is 6.09 Å². The largest absolute Gasteiger partial charge is 0.447 e. The molecule has 174 valence electrons. The Balaban J connectivity index is 1.94. The minimum absolute atomic E-state index is 0.0300. The maximum Gasteiger partial charge on any atom is 0.404 e. The first-order chi connectivity index (χ1) is 15.8. The van der Waals surface area contributed by atoms with Gasteiger partial charge < -0.3 is 19.8 Å². The van der Waals surface area contributed by atoms with E-state index in [4.69, 9.17) is 20.2 Å². The van der Waals surface area contributed by atoms with Crippen LogP contribution in [0.4, 0.5) is 10.5 Å². The second-order valence-corrected chi connectivity index (χ2v) is 8.46. The Morgan fingerprint density at radius 3 is 2.76 bits per heavy atom. The van der Waals surface area contributed by atoms with E-state index < -0.39 is 11.0 Å². The lowest BCUT2D eigenvalue weighted by atomic mass is 10.1. The highest BCUT2D eigenvalue weighted by molar-refractivity contribution is 7.99. The monoisotopic (exact) mass is 471 g/mol. The Labute approximate surface area is 195 Å². The third kappa shape index (κ3) is 6.77. The Morgan fingerprint density at radius 2 is 2.09 bits per heavy atom.